The van der Waals surface area contributed by atoms with Crippen LogP contribution in [0, 0.1) is 0 Å². The number of hydrogen-bond donors (Lipinski definition) is 0. The van der Waals surface area contributed by atoms with Gasteiger partial charge in [-0.05, 0) is 18.4 Å². The van der Waals surface area contributed by atoms with E-state index in [9.17, 15) is 0 Å². The third kappa shape index (κ3) is 4.47. The second kappa shape index (κ2) is 7.91. The molecule has 2 heteroatoms. The van der Waals surface area contributed by atoms with Gasteiger partial charge in [0.1, 0.15) is 0 Å². The number of nitrogens with zero attached hydrogens (tertiary/aromatic N) is 1. The Hall–Kier alpha value is -1.31. The van der Waals surface area contributed by atoms with Gasteiger partial charge in [-0.3, -0.25) is 0 Å². The lowest BCUT2D eigenvalue weighted by Gasteiger charge is -2.14. The van der Waals surface area contributed by atoms with Crippen molar-refractivity contribution in [2.45, 2.75) is 45.6 Å². The highest BCUT2D eigenvalue weighted by molar-refractivity contribution is 5.55. The van der Waals surface area contributed by atoms with Crippen LogP contribution in [0.5, 0.6) is 0 Å². The van der Waals surface area contributed by atoms with Gasteiger partial charge in [-0.1, -0.05) is 62.2 Å². The zero-order chi connectivity index (χ0) is 11.6. The smallest absolute Gasteiger partial charge is 0.152 e. The van der Waals surface area contributed by atoms with Gasteiger partial charge in [-0.15, -0.1) is 0 Å². The van der Waals surface area contributed by atoms with Crippen molar-refractivity contribution < 1.29 is 4.84 Å². The van der Waals surface area contributed by atoms with Crippen LogP contribution in [0.1, 0.15) is 51.2 Å². The summed E-state index contributed by atoms with van der Waals surface area (Å²) in [5.41, 5.74) is 1.21. The van der Waals surface area contributed by atoms with Crippen LogP contribution in [0.15, 0.2) is 35.5 Å². The van der Waals surface area contributed by atoms with E-state index in [1.807, 2.05) is 24.4 Å². The lowest BCUT2D eigenvalue weighted by molar-refractivity contribution is 0.0523. The van der Waals surface area contributed by atoms with Crippen molar-refractivity contribution in [1.29, 1.82) is 0 Å². The molecule has 16 heavy (non-hydrogen) atoms. The second-order valence-corrected chi connectivity index (χ2v) is 3.87. The Morgan fingerprint density at radius 3 is 2.56 bits per heavy atom. The summed E-state index contributed by atoms with van der Waals surface area (Å²) in [6.07, 6.45) is 6.14. The van der Waals surface area contributed by atoms with E-state index in [-0.39, 0.29) is 6.10 Å². The van der Waals surface area contributed by atoms with E-state index in [1.165, 1.54) is 5.56 Å². The van der Waals surface area contributed by atoms with Gasteiger partial charge in [-0.25, -0.2) is 0 Å². The predicted octanol–water partition coefficient (Wildman–Crippen LogP) is 4.33. The molecule has 0 aliphatic rings. The lowest BCUT2D eigenvalue weighted by Crippen LogP contribution is -2.00. The van der Waals surface area contributed by atoms with Gasteiger partial charge in [0.05, 0.1) is 0 Å². The zero-order valence-electron chi connectivity index (χ0n) is 10.2. The molecule has 0 amide bonds. The van der Waals surface area contributed by atoms with E-state index in [1.54, 1.807) is 0 Å². The second-order valence-electron chi connectivity index (χ2n) is 3.87. The van der Waals surface area contributed by atoms with Crippen LogP contribution in [0.2, 0.25) is 0 Å². The number of oxime groups is 1. The highest BCUT2D eigenvalue weighted by Gasteiger charge is 2.10. The van der Waals surface area contributed by atoms with E-state index < -0.39 is 0 Å². The first kappa shape index (κ1) is 12.8. The van der Waals surface area contributed by atoms with Crippen molar-refractivity contribution in [3.8, 4) is 0 Å². The molecule has 88 valence electrons. The molecule has 0 fully saturated rings. The summed E-state index contributed by atoms with van der Waals surface area (Å²) in [4.78, 5) is 5.54. The highest BCUT2D eigenvalue weighted by Crippen LogP contribution is 2.22. The lowest BCUT2D eigenvalue weighted by atomic mass is 10.1. The fourth-order valence-corrected chi connectivity index (χ4v) is 1.51. The Kier molecular flexibility index (Phi) is 6.31. The van der Waals surface area contributed by atoms with E-state index in [0.717, 1.165) is 25.7 Å². The summed E-state index contributed by atoms with van der Waals surface area (Å²) in [5, 5.41) is 4.03. The first-order valence-electron chi connectivity index (χ1n) is 6.11. The van der Waals surface area contributed by atoms with Gasteiger partial charge in [0.25, 0.3) is 0 Å². The van der Waals surface area contributed by atoms with Gasteiger partial charge in [-0.2, -0.15) is 0 Å². The normalized spacial score (nSPS) is 12.9. The number of rotatable bonds is 7. The maximum absolute atomic E-state index is 5.54. The molecule has 1 atom stereocenters. The molecule has 0 saturated carbocycles. The largest absolute Gasteiger partial charge is 0.388 e. The van der Waals surface area contributed by atoms with E-state index in [0.29, 0.717) is 0 Å². The predicted molar refractivity (Wildman–Crippen MR) is 68.6 cm³/mol. The van der Waals surface area contributed by atoms with Gasteiger partial charge in [0, 0.05) is 6.21 Å². The topological polar surface area (TPSA) is 21.6 Å². The fourth-order valence-electron chi connectivity index (χ4n) is 1.51. The Morgan fingerprint density at radius 1 is 1.19 bits per heavy atom. The summed E-state index contributed by atoms with van der Waals surface area (Å²) in [6.45, 7) is 4.29. The molecule has 0 bridgehead atoms. The van der Waals surface area contributed by atoms with Crippen LogP contribution in [0.3, 0.4) is 0 Å². The molecule has 2 nitrogen and oxygen atoms in total. The van der Waals surface area contributed by atoms with Crippen LogP contribution in [0.4, 0.5) is 0 Å². The molecule has 0 aromatic heterocycles. The van der Waals surface area contributed by atoms with Gasteiger partial charge < -0.3 is 4.84 Å². The molecule has 1 rings (SSSR count). The van der Waals surface area contributed by atoms with Crippen LogP contribution >= 0.6 is 0 Å². The van der Waals surface area contributed by atoms with Crippen molar-refractivity contribution in [3.63, 3.8) is 0 Å². The van der Waals surface area contributed by atoms with Crippen molar-refractivity contribution in [2.75, 3.05) is 0 Å². The van der Waals surface area contributed by atoms with Gasteiger partial charge in [0.2, 0.25) is 0 Å². The SMILES string of the molecule is CCC/C=N\O[C@@H](CCC)c1ccccc1. The summed E-state index contributed by atoms with van der Waals surface area (Å²) < 4.78 is 0. The summed E-state index contributed by atoms with van der Waals surface area (Å²) in [6, 6.07) is 10.3. The first-order valence-corrected chi connectivity index (χ1v) is 6.11. The van der Waals surface area contributed by atoms with Crippen LogP contribution in [-0.2, 0) is 4.84 Å². The first-order chi connectivity index (χ1) is 7.88. The molecule has 0 heterocycles. The number of benzene rings is 1. The summed E-state index contributed by atoms with van der Waals surface area (Å²) >= 11 is 0. The van der Waals surface area contributed by atoms with E-state index >= 15 is 0 Å². The van der Waals surface area contributed by atoms with Crippen LogP contribution < -0.4 is 0 Å². The van der Waals surface area contributed by atoms with Crippen molar-refractivity contribution in [3.05, 3.63) is 35.9 Å². The maximum Gasteiger partial charge on any atom is 0.152 e. The fraction of sp³-hybridized carbons (Fsp3) is 0.500. The Morgan fingerprint density at radius 2 is 1.94 bits per heavy atom. The Balaban J connectivity index is 2.54. The number of unbranched alkanes of at least 4 members (excludes halogenated alkanes) is 1. The molecule has 0 aliphatic carbocycles. The van der Waals surface area contributed by atoms with Crippen molar-refractivity contribution in [1.82, 2.24) is 0 Å². The van der Waals surface area contributed by atoms with Gasteiger partial charge >= 0.3 is 0 Å². The average Bonchev–Trinajstić information content (AvgIpc) is 2.34. The monoisotopic (exact) mass is 219 g/mol. The molecule has 1 aromatic carbocycles. The zero-order valence-corrected chi connectivity index (χ0v) is 10.2. The minimum absolute atomic E-state index is 0.0966. The molecular formula is C14H21NO. The molecule has 0 unspecified atom stereocenters. The minimum Gasteiger partial charge on any atom is -0.388 e. The molecule has 0 radical (unpaired) electrons. The third-order valence-electron chi connectivity index (χ3n) is 2.40. The minimum atomic E-state index is 0.0966. The third-order valence-corrected chi connectivity index (χ3v) is 2.40. The highest BCUT2D eigenvalue weighted by atomic mass is 16.6. The summed E-state index contributed by atoms with van der Waals surface area (Å²) in [5.74, 6) is 0. The van der Waals surface area contributed by atoms with E-state index in [2.05, 4.69) is 31.1 Å². The molecule has 0 aliphatic heterocycles. The van der Waals surface area contributed by atoms with Crippen LogP contribution in [-0.4, -0.2) is 6.21 Å². The Bertz CT molecular complexity index is 295. The quantitative estimate of drug-likeness (QED) is 0.494. The molecular weight excluding hydrogens is 198 g/mol. The van der Waals surface area contributed by atoms with Crippen LogP contribution in [0.25, 0.3) is 0 Å². The maximum atomic E-state index is 5.54. The van der Waals surface area contributed by atoms with Crippen molar-refractivity contribution >= 4 is 6.21 Å². The van der Waals surface area contributed by atoms with Gasteiger partial charge in [0.15, 0.2) is 6.10 Å². The number of hydrogen-bond acceptors (Lipinski definition) is 2. The summed E-state index contributed by atoms with van der Waals surface area (Å²) in [7, 11) is 0. The molecule has 1 aromatic rings. The molecule has 0 spiro atoms. The standard InChI is InChI=1S/C14H21NO/c1-3-5-12-15-16-14(9-4-2)13-10-7-6-8-11-13/h6-8,10-12,14H,3-5,9H2,1-2H3/b15-12-/t14-/m0/s1. The Labute approximate surface area is 98.3 Å². The molecule has 0 saturated heterocycles. The molecule has 0 N–H and O–H groups in total. The van der Waals surface area contributed by atoms with Crippen molar-refractivity contribution in [2.24, 2.45) is 5.16 Å². The average molecular weight is 219 g/mol. The van der Waals surface area contributed by atoms with E-state index in [4.69, 9.17) is 4.84 Å².